The fourth-order valence-electron chi connectivity index (χ4n) is 2.93. The lowest BCUT2D eigenvalue weighted by atomic mass is 10.1. The molecule has 0 spiro atoms. The molecule has 0 aliphatic heterocycles. The molecule has 0 saturated carbocycles. The van der Waals surface area contributed by atoms with Gasteiger partial charge < -0.3 is 15.4 Å². The summed E-state index contributed by atoms with van der Waals surface area (Å²) >= 11 is 0. The van der Waals surface area contributed by atoms with Crippen LogP contribution in [-0.2, 0) is 17.4 Å². The van der Waals surface area contributed by atoms with Crippen LogP contribution in [0.3, 0.4) is 0 Å². The molecule has 0 fully saturated rings. The quantitative estimate of drug-likeness (QED) is 0.446. The highest BCUT2D eigenvalue weighted by molar-refractivity contribution is 6.04. The molecular formula is C24H20F4N2O3. The summed E-state index contributed by atoms with van der Waals surface area (Å²) in [6.07, 6.45) is -3.96. The van der Waals surface area contributed by atoms with Gasteiger partial charge in [0.1, 0.15) is 11.6 Å². The zero-order valence-corrected chi connectivity index (χ0v) is 17.5. The van der Waals surface area contributed by atoms with Crippen molar-refractivity contribution in [2.24, 2.45) is 0 Å². The van der Waals surface area contributed by atoms with Gasteiger partial charge in [-0.15, -0.1) is 0 Å². The second kappa shape index (κ2) is 10.2. The Bertz CT molecular complexity index is 1130. The number of hydrogen-bond acceptors (Lipinski definition) is 3. The average molecular weight is 460 g/mol. The molecule has 0 aliphatic carbocycles. The zero-order valence-electron chi connectivity index (χ0n) is 17.5. The van der Waals surface area contributed by atoms with Gasteiger partial charge in [-0.25, -0.2) is 4.39 Å². The molecule has 0 aromatic heterocycles. The number of amides is 2. The van der Waals surface area contributed by atoms with Crippen LogP contribution in [0.4, 0.5) is 28.9 Å². The summed E-state index contributed by atoms with van der Waals surface area (Å²) in [5.74, 6) is -1.62. The molecule has 5 nitrogen and oxygen atoms in total. The predicted octanol–water partition coefficient (Wildman–Crippen LogP) is 5.68. The standard InChI is InChI=1S/C24H20F4N2O3/c1-2-15-3-10-19(11-4-15)33-14-22(31)30-21-12-9-18(13-20(21)24(26,27)28)29-23(32)16-5-7-17(25)8-6-16/h3-13H,2,14H2,1H3,(H,29,32)(H,30,31). The number of aryl methyl sites for hydroxylation is 1. The first-order valence-corrected chi connectivity index (χ1v) is 9.95. The SMILES string of the molecule is CCc1ccc(OCC(=O)Nc2ccc(NC(=O)c3ccc(F)cc3)cc2C(F)(F)F)cc1. The van der Waals surface area contributed by atoms with Crippen LogP contribution in [0.5, 0.6) is 5.75 Å². The van der Waals surface area contributed by atoms with Gasteiger partial charge in [0.25, 0.3) is 11.8 Å². The van der Waals surface area contributed by atoms with E-state index in [1.165, 1.54) is 18.2 Å². The number of carbonyl (C=O) groups is 2. The van der Waals surface area contributed by atoms with E-state index < -0.39 is 41.7 Å². The first-order valence-electron chi connectivity index (χ1n) is 9.95. The monoisotopic (exact) mass is 460 g/mol. The van der Waals surface area contributed by atoms with Gasteiger partial charge in [-0.3, -0.25) is 9.59 Å². The third-order valence-corrected chi connectivity index (χ3v) is 4.66. The van der Waals surface area contributed by atoms with Crippen LogP contribution >= 0.6 is 0 Å². The van der Waals surface area contributed by atoms with E-state index in [9.17, 15) is 27.2 Å². The molecule has 0 unspecified atom stereocenters. The molecule has 2 amide bonds. The lowest BCUT2D eigenvalue weighted by Crippen LogP contribution is -2.22. The minimum absolute atomic E-state index is 0.0754. The van der Waals surface area contributed by atoms with Gasteiger partial charge in [-0.1, -0.05) is 19.1 Å². The lowest BCUT2D eigenvalue weighted by Gasteiger charge is -2.16. The fraction of sp³-hybridized carbons (Fsp3) is 0.167. The smallest absolute Gasteiger partial charge is 0.418 e. The topological polar surface area (TPSA) is 67.4 Å². The molecule has 0 bridgehead atoms. The van der Waals surface area contributed by atoms with Gasteiger partial charge in [0.15, 0.2) is 6.61 Å². The minimum atomic E-state index is -4.80. The van der Waals surface area contributed by atoms with Crippen LogP contribution < -0.4 is 15.4 Å². The van der Waals surface area contributed by atoms with Crippen LogP contribution in [0.15, 0.2) is 66.7 Å². The number of ether oxygens (including phenoxy) is 1. The van der Waals surface area contributed by atoms with Crippen LogP contribution in [0, 0.1) is 5.82 Å². The number of hydrogen-bond donors (Lipinski definition) is 2. The third-order valence-electron chi connectivity index (χ3n) is 4.66. The molecule has 0 heterocycles. The van der Waals surface area contributed by atoms with Gasteiger partial charge in [0.05, 0.1) is 11.3 Å². The molecule has 172 valence electrons. The lowest BCUT2D eigenvalue weighted by molar-refractivity contribution is -0.137. The van der Waals surface area contributed by atoms with Gasteiger partial charge in [-0.2, -0.15) is 13.2 Å². The third kappa shape index (κ3) is 6.55. The molecule has 0 atom stereocenters. The molecular weight excluding hydrogens is 440 g/mol. The number of anilines is 2. The van der Waals surface area contributed by atoms with Gasteiger partial charge in [0.2, 0.25) is 0 Å². The van der Waals surface area contributed by atoms with Crippen molar-refractivity contribution in [3.05, 3.63) is 89.2 Å². The Labute approximate surface area is 187 Å². The molecule has 3 aromatic carbocycles. The Morgan fingerprint density at radius 1 is 0.909 bits per heavy atom. The van der Waals surface area contributed by atoms with Crippen molar-refractivity contribution in [3.8, 4) is 5.75 Å². The van der Waals surface area contributed by atoms with E-state index in [0.29, 0.717) is 11.8 Å². The minimum Gasteiger partial charge on any atom is -0.484 e. The second-order valence-corrected chi connectivity index (χ2v) is 7.05. The Kier molecular flexibility index (Phi) is 7.32. The summed E-state index contributed by atoms with van der Waals surface area (Å²) < 4.78 is 59.0. The van der Waals surface area contributed by atoms with Crippen molar-refractivity contribution in [2.45, 2.75) is 19.5 Å². The maximum atomic E-state index is 13.6. The van der Waals surface area contributed by atoms with Crippen molar-refractivity contribution >= 4 is 23.2 Å². The molecule has 9 heteroatoms. The molecule has 3 aromatic rings. The largest absolute Gasteiger partial charge is 0.484 e. The van der Waals surface area contributed by atoms with Crippen molar-refractivity contribution in [2.75, 3.05) is 17.2 Å². The first-order chi connectivity index (χ1) is 15.7. The Hall–Kier alpha value is -3.88. The summed E-state index contributed by atoms with van der Waals surface area (Å²) in [5.41, 5.74) is -0.598. The van der Waals surface area contributed by atoms with Crippen molar-refractivity contribution in [1.82, 2.24) is 0 Å². The molecule has 3 rings (SSSR count). The van der Waals surface area contributed by atoms with Crippen LogP contribution in [-0.4, -0.2) is 18.4 Å². The summed E-state index contributed by atoms with van der Waals surface area (Å²) in [7, 11) is 0. The number of benzene rings is 3. The molecule has 0 radical (unpaired) electrons. The summed E-state index contributed by atoms with van der Waals surface area (Å²) in [6, 6.07) is 14.5. The van der Waals surface area contributed by atoms with E-state index in [-0.39, 0.29) is 11.3 Å². The molecule has 0 aliphatic rings. The van der Waals surface area contributed by atoms with Crippen molar-refractivity contribution in [3.63, 3.8) is 0 Å². The maximum absolute atomic E-state index is 13.6. The average Bonchev–Trinajstić information content (AvgIpc) is 2.78. The van der Waals surface area contributed by atoms with E-state index in [4.69, 9.17) is 4.74 Å². The maximum Gasteiger partial charge on any atom is 0.418 e. The molecule has 2 N–H and O–H groups in total. The number of alkyl halides is 3. The first kappa shape index (κ1) is 23.8. The van der Waals surface area contributed by atoms with E-state index >= 15 is 0 Å². The highest BCUT2D eigenvalue weighted by Gasteiger charge is 2.34. The zero-order chi connectivity index (χ0) is 24.0. The van der Waals surface area contributed by atoms with Gasteiger partial charge in [0, 0.05) is 11.3 Å². The van der Waals surface area contributed by atoms with Crippen molar-refractivity contribution < 1.29 is 31.9 Å². The highest BCUT2D eigenvalue weighted by atomic mass is 19.4. The van der Waals surface area contributed by atoms with Crippen LogP contribution in [0.1, 0.15) is 28.4 Å². The normalized spacial score (nSPS) is 11.1. The van der Waals surface area contributed by atoms with Gasteiger partial charge in [-0.05, 0) is 66.6 Å². The number of rotatable bonds is 7. The summed E-state index contributed by atoms with van der Waals surface area (Å²) in [5, 5.41) is 4.52. The van der Waals surface area contributed by atoms with Crippen molar-refractivity contribution in [1.29, 1.82) is 0 Å². The summed E-state index contributed by atoms with van der Waals surface area (Å²) in [6.45, 7) is 1.51. The fourth-order valence-corrected chi connectivity index (χ4v) is 2.93. The number of carbonyl (C=O) groups excluding carboxylic acids is 2. The second-order valence-electron chi connectivity index (χ2n) is 7.05. The van der Waals surface area contributed by atoms with E-state index in [0.717, 1.165) is 30.2 Å². The summed E-state index contributed by atoms with van der Waals surface area (Å²) in [4.78, 5) is 24.4. The van der Waals surface area contributed by atoms with E-state index in [1.54, 1.807) is 12.1 Å². The number of nitrogens with one attached hydrogen (secondary N) is 2. The predicted molar refractivity (Wildman–Crippen MR) is 116 cm³/mol. The Morgan fingerprint density at radius 2 is 1.58 bits per heavy atom. The Morgan fingerprint density at radius 3 is 2.18 bits per heavy atom. The van der Waals surface area contributed by atoms with Crippen LogP contribution in [0.2, 0.25) is 0 Å². The van der Waals surface area contributed by atoms with Gasteiger partial charge >= 0.3 is 6.18 Å². The van der Waals surface area contributed by atoms with E-state index in [2.05, 4.69) is 10.6 Å². The highest BCUT2D eigenvalue weighted by Crippen LogP contribution is 2.36. The van der Waals surface area contributed by atoms with Crippen LogP contribution in [0.25, 0.3) is 0 Å². The Balaban J connectivity index is 1.70. The van der Waals surface area contributed by atoms with E-state index in [1.807, 2.05) is 19.1 Å². The molecule has 33 heavy (non-hydrogen) atoms. The number of halogens is 4. The molecule has 0 saturated heterocycles.